The molecule has 0 spiro atoms. The molecule has 1 N–H and O–H groups in total. The maximum absolute atomic E-state index is 14.9. The van der Waals surface area contributed by atoms with Gasteiger partial charge in [0, 0.05) is 35.4 Å². The van der Waals surface area contributed by atoms with Crippen molar-refractivity contribution in [2.24, 2.45) is 17.3 Å². The maximum atomic E-state index is 14.9. The van der Waals surface area contributed by atoms with Gasteiger partial charge < -0.3 is 5.41 Å². The van der Waals surface area contributed by atoms with Gasteiger partial charge >= 0.3 is 0 Å². The Kier molecular flexibility index (Phi) is 5.39. The molecule has 2 aliphatic rings. The van der Waals surface area contributed by atoms with Crippen molar-refractivity contribution in [3.8, 4) is 18.2 Å². The normalized spacial score (nSPS) is 26.6. The molecule has 0 radical (unpaired) electrons. The molecule has 7 heteroatoms. The molecular formula is C21H19BrFN5. The van der Waals surface area contributed by atoms with E-state index < -0.39 is 29.0 Å². The van der Waals surface area contributed by atoms with E-state index in [1.54, 1.807) is 12.1 Å². The Morgan fingerprint density at radius 1 is 1.29 bits per heavy atom. The molecule has 0 aromatic heterocycles. The number of nitrogens with one attached hydrogen (secondary N) is 1. The number of halogens is 2. The second kappa shape index (κ2) is 7.47. The second-order valence-corrected chi connectivity index (χ2v) is 8.42. The lowest BCUT2D eigenvalue weighted by Crippen LogP contribution is -2.53. The third kappa shape index (κ3) is 2.94. The molecule has 1 heterocycles. The van der Waals surface area contributed by atoms with E-state index in [0.29, 0.717) is 17.6 Å². The highest BCUT2D eigenvalue weighted by Crippen LogP contribution is 2.54. The number of nitrogens with zero attached hydrogens (tertiary/aromatic N) is 4. The van der Waals surface area contributed by atoms with Crippen LogP contribution in [-0.2, 0) is 0 Å². The summed E-state index contributed by atoms with van der Waals surface area (Å²) >= 11 is 3.34. The average Bonchev–Trinajstić information content (AvgIpc) is 2.69. The zero-order valence-electron chi connectivity index (χ0n) is 15.6. The van der Waals surface area contributed by atoms with Crippen LogP contribution in [0.1, 0.15) is 25.3 Å². The van der Waals surface area contributed by atoms with Crippen molar-refractivity contribution in [2.75, 3.05) is 13.1 Å². The summed E-state index contributed by atoms with van der Waals surface area (Å²) in [6.07, 6.45) is 1.91. The van der Waals surface area contributed by atoms with Gasteiger partial charge in [0.1, 0.15) is 11.7 Å². The molecule has 1 fully saturated rings. The number of rotatable bonds is 2. The summed E-state index contributed by atoms with van der Waals surface area (Å²) in [5, 5.41) is 38.3. The van der Waals surface area contributed by atoms with E-state index in [-0.39, 0.29) is 17.3 Å². The van der Waals surface area contributed by atoms with Crippen LogP contribution in [0, 0.1) is 62.5 Å². The van der Waals surface area contributed by atoms with Crippen LogP contribution in [0.25, 0.3) is 0 Å². The monoisotopic (exact) mass is 439 g/mol. The Hall–Kier alpha value is -2.53. The van der Waals surface area contributed by atoms with E-state index in [1.165, 1.54) is 6.07 Å². The van der Waals surface area contributed by atoms with Crippen molar-refractivity contribution >= 4 is 21.6 Å². The van der Waals surface area contributed by atoms with Crippen LogP contribution < -0.4 is 0 Å². The maximum Gasteiger partial charge on any atom is 0.189 e. The molecule has 1 aromatic rings. The van der Waals surface area contributed by atoms with Crippen molar-refractivity contribution in [1.29, 1.82) is 21.2 Å². The fraction of sp³-hybridized carbons (Fsp3) is 0.429. The Morgan fingerprint density at radius 3 is 2.54 bits per heavy atom. The van der Waals surface area contributed by atoms with Crippen LogP contribution >= 0.6 is 15.9 Å². The highest BCUT2D eigenvalue weighted by atomic mass is 79.9. The van der Waals surface area contributed by atoms with E-state index in [2.05, 4.69) is 26.9 Å². The molecule has 0 saturated heterocycles. The fourth-order valence-electron chi connectivity index (χ4n) is 4.35. The predicted octanol–water partition coefficient (Wildman–Crippen LogP) is 4.15. The van der Waals surface area contributed by atoms with Gasteiger partial charge in [0.05, 0.1) is 23.9 Å². The first kappa shape index (κ1) is 20.2. The molecule has 1 aromatic carbocycles. The number of benzene rings is 1. The van der Waals surface area contributed by atoms with Crippen molar-refractivity contribution in [2.45, 2.75) is 25.8 Å². The van der Waals surface area contributed by atoms with Crippen molar-refractivity contribution in [3.63, 3.8) is 0 Å². The molecule has 5 nitrogen and oxygen atoms in total. The molecule has 3 rings (SSSR count). The minimum Gasteiger partial charge on any atom is -0.305 e. The number of fused-ring (bicyclic) bond motifs is 1. The molecule has 1 aliphatic carbocycles. The minimum atomic E-state index is -1.90. The molecule has 1 aliphatic heterocycles. The van der Waals surface area contributed by atoms with E-state index in [1.807, 2.05) is 32.1 Å². The summed E-state index contributed by atoms with van der Waals surface area (Å²) in [5.74, 6) is -2.74. The quantitative estimate of drug-likeness (QED) is 0.699. The van der Waals surface area contributed by atoms with E-state index in [0.717, 1.165) is 5.57 Å². The fourth-order valence-corrected chi connectivity index (χ4v) is 4.73. The van der Waals surface area contributed by atoms with Crippen LogP contribution in [0.4, 0.5) is 4.39 Å². The Bertz CT molecular complexity index is 964. The molecule has 0 bridgehead atoms. The van der Waals surface area contributed by atoms with Crippen LogP contribution in [0.2, 0.25) is 0 Å². The molecule has 0 amide bonds. The summed E-state index contributed by atoms with van der Waals surface area (Å²) in [7, 11) is 0. The lowest BCUT2D eigenvalue weighted by molar-refractivity contribution is 0.170. The number of hydrogen-bond acceptors (Lipinski definition) is 5. The largest absolute Gasteiger partial charge is 0.305 e. The highest BCUT2D eigenvalue weighted by molar-refractivity contribution is 9.10. The lowest BCUT2D eigenvalue weighted by Gasteiger charge is -2.48. The lowest BCUT2D eigenvalue weighted by atomic mass is 9.54. The molecular weight excluding hydrogens is 421 g/mol. The smallest absolute Gasteiger partial charge is 0.189 e. The first-order chi connectivity index (χ1) is 13.3. The Labute approximate surface area is 172 Å². The standard InChI is InChI=1S/C21H19BrFN5/c1-12(2)28-6-5-14-16(8-24)20(27)21(10-25,11-26)19(17(14)9-28)15-7-13(22)3-4-18(15)23/h3-5,7,12,16-17,19,27H,6,9H2,1-2H3. The summed E-state index contributed by atoms with van der Waals surface area (Å²) < 4.78 is 15.5. The number of nitriles is 3. The van der Waals surface area contributed by atoms with Gasteiger partial charge in [-0.2, -0.15) is 15.8 Å². The van der Waals surface area contributed by atoms with E-state index in [9.17, 15) is 20.2 Å². The molecule has 28 heavy (non-hydrogen) atoms. The predicted molar refractivity (Wildman–Crippen MR) is 106 cm³/mol. The molecule has 1 saturated carbocycles. The minimum absolute atomic E-state index is 0.214. The summed E-state index contributed by atoms with van der Waals surface area (Å²) in [6, 6.07) is 10.7. The summed E-state index contributed by atoms with van der Waals surface area (Å²) in [5.41, 5.74) is -1.22. The van der Waals surface area contributed by atoms with Crippen LogP contribution in [0.15, 0.2) is 34.3 Å². The Morgan fingerprint density at radius 2 is 1.96 bits per heavy atom. The van der Waals surface area contributed by atoms with Crippen molar-refractivity contribution < 1.29 is 4.39 Å². The Balaban J connectivity index is 2.30. The van der Waals surface area contributed by atoms with Gasteiger partial charge in [-0.1, -0.05) is 22.0 Å². The molecule has 3 unspecified atom stereocenters. The third-order valence-corrected chi connectivity index (χ3v) is 6.34. The van der Waals surface area contributed by atoms with Gasteiger partial charge in [-0.3, -0.25) is 4.90 Å². The van der Waals surface area contributed by atoms with Crippen molar-refractivity contribution in [1.82, 2.24) is 4.90 Å². The first-order valence-corrected chi connectivity index (χ1v) is 9.80. The van der Waals surface area contributed by atoms with Crippen LogP contribution in [0.3, 0.4) is 0 Å². The highest BCUT2D eigenvalue weighted by Gasteiger charge is 2.58. The topological polar surface area (TPSA) is 98.5 Å². The first-order valence-electron chi connectivity index (χ1n) is 9.00. The number of hydrogen-bond donors (Lipinski definition) is 1. The van der Waals surface area contributed by atoms with E-state index >= 15 is 0 Å². The van der Waals surface area contributed by atoms with E-state index in [4.69, 9.17) is 5.41 Å². The second-order valence-electron chi connectivity index (χ2n) is 7.51. The van der Waals surface area contributed by atoms with Crippen LogP contribution in [0.5, 0.6) is 0 Å². The van der Waals surface area contributed by atoms with Gasteiger partial charge in [0.15, 0.2) is 5.41 Å². The van der Waals surface area contributed by atoms with Crippen LogP contribution in [-0.4, -0.2) is 29.7 Å². The SMILES string of the molecule is CC(C)N1CC=C2C(C#N)C(=N)C(C#N)(C#N)C(c3cc(Br)ccc3F)C2C1. The zero-order chi connectivity index (χ0) is 20.6. The van der Waals surface area contributed by atoms with Gasteiger partial charge in [-0.05, 0) is 43.2 Å². The molecule has 3 atom stereocenters. The average molecular weight is 440 g/mol. The van der Waals surface area contributed by atoms with Crippen molar-refractivity contribution in [3.05, 3.63) is 45.7 Å². The summed E-state index contributed by atoms with van der Waals surface area (Å²) in [4.78, 5) is 2.17. The van der Waals surface area contributed by atoms with Gasteiger partial charge in [-0.25, -0.2) is 4.39 Å². The zero-order valence-corrected chi connectivity index (χ0v) is 17.2. The summed E-state index contributed by atoms with van der Waals surface area (Å²) in [6.45, 7) is 5.20. The van der Waals surface area contributed by atoms with Gasteiger partial charge in [0.25, 0.3) is 0 Å². The third-order valence-electron chi connectivity index (χ3n) is 5.84. The molecule has 142 valence electrons. The van der Waals surface area contributed by atoms with Gasteiger partial charge in [0.2, 0.25) is 0 Å². The van der Waals surface area contributed by atoms with Gasteiger partial charge in [-0.15, -0.1) is 0 Å².